The van der Waals surface area contributed by atoms with E-state index in [0.29, 0.717) is 12.4 Å². The number of ether oxygens (including phenoxy) is 1. The Bertz CT molecular complexity index is 652. The summed E-state index contributed by atoms with van der Waals surface area (Å²) in [7, 11) is 1.40. The van der Waals surface area contributed by atoms with Crippen LogP contribution < -0.4 is 15.4 Å². The highest BCUT2D eigenvalue weighted by atomic mass is 19.2. The van der Waals surface area contributed by atoms with Crippen LogP contribution in [0.4, 0.5) is 30.5 Å². The molecule has 0 amide bonds. The quantitative estimate of drug-likeness (QED) is 0.831. The molecule has 0 spiro atoms. The minimum Gasteiger partial charge on any atom is -0.490 e. The molecule has 0 aliphatic carbocycles. The average molecular weight is 298 g/mol. The van der Waals surface area contributed by atoms with Crippen LogP contribution >= 0.6 is 0 Å². The second-order valence-corrected chi connectivity index (χ2v) is 3.98. The molecular weight excluding hydrogens is 285 g/mol. The molecule has 2 rings (SSSR count). The van der Waals surface area contributed by atoms with E-state index in [1.807, 2.05) is 6.92 Å². The molecule has 0 atom stereocenters. The van der Waals surface area contributed by atoms with Gasteiger partial charge in [0.05, 0.1) is 12.8 Å². The summed E-state index contributed by atoms with van der Waals surface area (Å²) in [4.78, 5) is 7.89. The SMILES string of the molecule is CCNc1ncnc(Nc2ccc(F)c(F)c2F)c1OC. The molecule has 0 saturated heterocycles. The van der Waals surface area contributed by atoms with Gasteiger partial charge in [-0.05, 0) is 19.1 Å². The zero-order chi connectivity index (χ0) is 15.4. The summed E-state index contributed by atoms with van der Waals surface area (Å²) in [5, 5.41) is 5.51. The lowest BCUT2D eigenvalue weighted by Crippen LogP contribution is -2.07. The smallest absolute Gasteiger partial charge is 0.204 e. The predicted octanol–water partition coefficient (Wildman–Crippen LogP) is 3.08. The van der Waals surface area contributed by atoms with Crippen molar-refractivity contribution in [1.29, 1.82) is 0 Å². The van der Waals surface area contributed by atoms with Crippen LogP contribution in [0.5, 0.6) is 5.75 Å². The van der Waals surface area contributed by atoms with Crippen LogP contribution in [0.25, 0.3) is 0 Å². The molecule has 8 heteroatoms. The van der Waals surface area contributed by atoms with E-state index in [2.05, 4.69) is 20.6 Å². The maximum Gasteiger partial charge on any atom is 0.204 e. The largest absolute Gasteiger partial charge is 0.490 e. The van der Waals surface area contributed by atoms with Crippen molar-refractivity contribution in [2.75, 3.05) is 24.3 Å². The zero-order valence-corrected chi connectivity index (χ0v) is 11.4. The fourth-order valence-corrected chi connectivity index (χ4v) is 1.70. The van der Waals surface area contributed by atoms with Crippen LogP contribution in [-0.2, 0) is 0 Å². The third-order valence-electron chi connectivity index (χ3n) is 2.64. The van der Waals surface area contributed by atoms with Gasteiger partial charge in [0.2, 0.25) is 5.75 Å². The summed E-state index contributed by atoms with van der Waals surface area (Å²) < 4.78 is 44.9. The minimum atomic E-state index is -1.56. The summed E-state index contributed by atoms with van der Waals surface area (Å²) in [5.41, 5.74) is -0.256. The summed E-state index contributed by atoms with van der Waals surface area (Å²) in [6.45, 7) is 2.45. The van der Waals surface area contributed by atoms with Gasteiger partial charge >= 0.3 is 0 Å². The molecule has 1 heterocycles. The van der Waals surface area contributed by atoms with Crippen LogP contribution in [0.3, 0.4) is 0 Å². The standard InChI is InChI=1S/C13H13F3N4O/c1-3-17-12-11(21-2)13(19-6-18-12)20-8-5-4-7(14)9(15)10(8)16/h4-6H,3H2,1-2H3,(H2,17,18,19,20). The number of anilines is 3. The monoisotopic (exact) mass is 298 g/mol. The highest BCUT2D eigenvalue weighted by Crippen LogP contribution is 2.32. The Morgan fingerprint density at radius 3 is 2.48 bits per heavy atom. The zero-order valence-electron chi connectivity index (χ0n) is 11.4. The van der Waals surface area contributed by atoms with Crippen molar-refractivity contribution in [3.05, 3.63) is 35.9 Å². The van der Waals surface area contributed by atoms with Crippen molar-refractivity contribution >= 4 is 17.3 Å². The van der Waals surface area contributed by atoms with Gasteiger partial charge in [0.25, 0.3) is 0 Å². The van der Waals surface area contributed by atoms with Gasteiger partial charge in [-0.1, -0.05) is 0 Å². The molecule has 5 nitrogen and oxygen atoms in total. The second kappa shape index (κ2) is 6.29. The van der Waals surface area contributed by atoms with Gasteiger partial charge in [-0.25, -0.2) is 23.1 Å². The molecule has 2 aromatic rings. The fourth-order valence-electron chi connectivity index (χ4n) is 1.70. The molecule has 1 aromatic carbocycles. The summed E-state index contributed by atoms with van der Waals surface area (Å²) >= 11 is 0. The first-order valence-electron chi connectivity index (χ1n) is 6.11. The van der Waals surface area contributed by atoms with Gasteiger partial charge in [-0.2, -0.15) is 0 Å². The molecule has 1 aromatic heterocycles. The van der Waals surface area contributed by atoms with E-state index in [1.54, 1.807) is 0 Å². The first-order valence-corrected chi connectivity index (χ1v) is 6.11. The highest BCUT2D eigenvalue weighted by molar-refractivity contribution is 5.69. The lowest BCUT2D eigenvalue weighted by Gasteiger charge is -2.14. The Hall–Kier alpha value is -2.51. The predicted molar refractivity (Wildman–Crippen MR) is 72.3 cm³/mol. The molecule has 112 valence electrons. The normalized spacial score (nSPS) is 10.3. The van der Waals surface area contributed by atoms with Gasteiger partial charge in [0, 0.05) is 6.54 Å². The topological polar surface area (TPSA) is 59.1 Å². The van der Waals surface area contributed by atoms with Crippen LogP contribution in [0.15, 0.2) is 18.5 Å². The lowest BCUT2D eigenvalue weighted by atomic mass is 10.2. The van der Waals surface area contributed by atoms with Gasteiger partial charge in [0.15, 0.2) is 29.1 Å². The number of halogens is 3. The minimum absolute atomic E-state index is 0.133. The van der Waals surface area contributed by atoms with Crippen LogP contribution in [-0.4, -0.2) is 23.6 Å². The van der Waals surface area contributed by atoms with E-state index in [1.165, 1.54) is 13.4 Å². The van der Waals surface area contributed by atoms with E-state index >= 15 is 0 Å². The third-order valence-corrected chi connectivity index (χ3v) is 2.64. The van der Waals surface area contributed by atoms with Crippen LogP contribution in [0.1, 0.15) is 6.92 Å². The molecule has 2 N–H and O–H groups in total. The molecule has 0 bridgehead atoms. The Kier molecular flexibility index (Phi) is 4.46. The van der Waals surface area contributed by atoms with E-state index in [-0.39, 0.29) is 17.3 Å². The van der Waals surface area contributed by atoms with E-state index in [4.69, 9.17) is 4.74 Å². The van der Waals surface area contributed by atoms with Crippen molar-refractivity contribution < 1.29 is 17.9 Å². The number of nitrogens with zero attached hydrogens (tertiary/aromatic N) is 2. The van der Waals surface area contributed by atoms with E-state index in [9.17, 15) is 13.2 Å². The maximum absolute atomic E-state index is 13.7. The van der Waals surface area contributed by atoms with Gasteiger partial charge in [-0.15, -0.1) is 0 Å². The molecule has 0 saturated carbocycles. The Morgan fingerprint density at radius 1 is 1.10 bits per heavy atom. The maximum atomic E-state index is 13.7. The molecule has 21 heavy (non-hydrogen) atoms. The Morgan fingerprint density at radius 2 is 1.81 bits per heavy atom. The average Bonchev–Trinajstić information content (AvgIpc) is 2.48. The van der Waals surface area contributed by atoms with E-state index < -0.39 is 17.5 Å². The number of hydrogen-bond acceptors (Lipinski definition) is 5. The highest BCUT2D eigenvalue weighted by Gasteiger charge is 2.17. The van der Waals surface area contributed by atoms with Crippen LogP contribution in [0, 0.1) is 17.5 Å². The first-order chi connectivity index (χ1) is 10.1. The summed E-state index contributed by atoms with van der Waals surface area (Å²) in [6, 6.07) is 1.89. The third kappa shape index (κ3) is 2.99. The lowest BCUT2D eigenvalue weighted by molar-refractivity contribution is 0.415. The van der Waals surface area contributed by atoms with Crippen molar-refractivity contribution in [2.45, 2.75) is 6.92 Å². The first kappa shape index (κ1) is 14.9. The molecule has 0 aliphatic rings. The van der Waals surface area contributed by atoms with Gasteiger partial charge < -0.3 is 15.4 Å². The molecule has 0 aliphatic heterocycles. The number of methoxy groups -OCH3 is 1. The van der Waals surface area contributed by atoms with Crippen molar-refractivity contribution in [1.82, 2.24) is 9.97 Å². The number of nitrogens with one attached hydrogen (secondary N) is 2. The summed E-state index contributed by atoms with van der Waals surface area (Å²) in [6.07, 6.45) is 1.24. The number of rotatable bonds is 5. The van der Waals surface area contributed by atoms with Gasteiger partial charge in [-0.3, -0.25) is 0 Å². The molecule has 0 fully saturated rings. The molecular formula is C13H13F3N4O. The number of aromatic nitrogens is 2. The van der Waals surface area contributed by atoms with Crippen molar-refractivity contribution in [3.63, 3.8) is 0 Å². The van der Waals surface area contributed by atoms with Crippen molar-refractivity contribution in [3.8, 4) is 5.75 Å². The molecule has 0 radical (unpaired) electrons. The second-order valence-electron chi connectivity index (χ2n) is 3.98. The van der Waals surface area contributed by atoms with Crippen LogP contribution in [0.2, 0.25) is 0 Å². The molecule has 0 unspecified atom stereocenters. The fraction of sp³-hybridized carbons (Fsp3) is 0.231. The number of benzene rings is 1. The van der Waals surface area contributed by atoms with Crippen molar-refractivity contribution in [2.24, 2.45) is 0 Å². The Balaban J connectivity index is 2.40. The summed E-state index contributed by atoms with van der Waals surface area (Å²) in [5.74, 6) is -3.38. The number of hydrogen-bond donors (Lipinski definition) is 2. The van der Waals surface area contributed by atoms with E-state index in [0.717, 1.165) is 12.1 Å². The Labute approximate surface area is 119 Å². The van der Waals surface area contributed by atoms with Gasteiger partial charge in [0.1, 0.15) is 6.33 Å².